The van der Waals surface area contributed by atoms with Gasteiger partial charge in [-0.2, -0.15) is 5.10 Å². The Labute approximate surface area is 166 Å². The molecule has 1 atom stereocenters. The van der Waals surface area contributed by atoms with Gasteiger partial charge in [-0.25, -0.2) is 9.67 Å². The van der Waals surface area contributed by atoms with E-state index in [1.165, 1.54) is 0 Å². The second-order valence-corrected chi connectivity index (χ2v) is 7.34. The number of benzene rings is 1. The summed E-state index contributed by atoms with van der Waals surface area (Å²) < 4.78 is 1.86. The maximum absolute atomic E-state index is 12.2. The number of likely N-dealkylation sites (tertiary alicyclic amines) is 1. The quantitative estimate of drug-likeness (QED) is 0.593. The maximum atomic E-state index is 12.2. The van der Waals surface area contributed by atoms with Crippen LogP contribution in [0.3, 0.4) is 0 Å². The van der Waals surface area contributed by atoms with Crippen LogP contribution in [0.4, 0.5) is 0 Å². The molecule has 1 aromatic heterocycles. The van der Waals surface area contributed by atoms with Gasteiger partial charge in [0.25, 0.3) is 0 Å². The van der Waals surface area contributed by atoms with Crippen LogP contribution in [0.5, 0.6) is 0 Å². The summed E-state index contributed by atoms with van der Waals surface area (Å²) in [5, 5.41) is 11.1. The van der Waals surface area contributed by atoms with Crippen molar-refractivity contribution in [3.8, 4) is 5.69 Å². The Morgan fingerprint density at radius 3 is 2.86 bits per heavy atom. The summed E-state index contributed by atoms with van der Waals surface area (Å²) in [6.45, 7) is 8.82. The van der Waals surface area contributed by atoms with Gasteiger partial charge in [-0.05, 0) is 31.0 Å². The van der Waals surface area contributed by atoms with Crippen molar-refractivity contribution in [2.45, 2.75) is 39.8 Å². The molecule has 0 bridgehead atoms. The predicted octanol–water partition coefficient (Wildman–Crippen LogP) is 2.18. The monoisotopic (exact) mass is 382 g/mol. The summed E-state index contributed by atoms with van der Waals surface area (Å²) in [5.41, 5.74) is 2.13. The van der Waals surface area contributed by atoms with Crippen molar-refractivity contribution in [2.24, 2.45) is 10.9 Å². The topological polar surface area (TPSA) is 74.6 Å². The minimum Gasteiger partial charge on any atom is -0.357 e. The lowest BCUT2D eigenvalue weighted by Crippen LogP contribution is -2.45. The molecule has 3 rings (SSSR count). The van der Waals surface area contributed by atoms with Crippen molar-refractivity contribution in [1.82, 2.24) is 25.3 Å². The van der Waals surface area contributed by atoms with Gasteiger partial charge in [0.2, 0.25) is 5.91 Å². The fraction of sp³-hybridized carbons (Fsp3) is 0.476. The van der Waals surface area contributed by atoms with E-state index in [2.05, 4.69) is 28.7 Å². The van der Waals surface area contributed by atoms with Crippen LogP contribution in [0.2, 0.25) is 0 Å². The van der Waals surface area contributed by atoms with Crippen LogP contribution < -0.4 is 10.6 Å². The van der Waals surface area contributed by atoms with Gasteiger partial charge in [-0.3, -0.25) is 4.79 Å². The Balaban J connectivity index is 1.67. The number of aliphatic imine (C=N–C) groups is 1. The molecule has 2 aromatic rings. The van der Waals surface area contributed by atoms with Crippen molar-refractivity contribution in [3.63, 3.8) is 0 Å². The first-order valence-corrected chi connectivity index (χ1v) is 10.00. The second kappa shape index (κ2) is 9.39. The molecule has 7 nitrogen and oxygen atoms in total. The highest BCUT2D eigenvalue weighted by molar-refractivity contribution is 5.81. The molecule has 1 amide bonds. The summed E-state index contributed by atoms with van der Waals surface area (Å²) in [5.74, 6) is 1.04. The molecule has 150 valence electrons. The standard InChI is InChI=1S/C21H30N6O/c1-4-22-21(25-18-10-13-26(15-18)20(28)16(2)3)23-14-17-8-5-6-9-19(17)27-12-7-11-24-27/h5-9,11-12,16,18H,4,10,13-15H2,1-3H3,(H2,22,23,25). The molecule has 2 heterocycles. The Bertz CT molecular complexity index is 799. The molecule has 1 fully saturated rings. The Morgan fingerprint density at radius 1 is 1.32 bits per heavy atom. The number of carbonyl (C=O) groups excluding carboxylic acids is 1. The molecular formula is C21H30N6O. The van der Waals surface area contributed by atoms with E-state index in [0.29, 0.717) is 6.54 Å². The fourth-order valence-electron chi connectivity index (χ4n) is 3.40. The number of nitrogens with zero attached hydrogens (tertiary/aromatic N) is 4. The lowest BCUT2D eigenvalue weighted by molar-refractivity contribution is -0.133. The predicted molar refractivity (Wildman–Crippen MR) is 111 cm³/mol. The minimum atomic E-state index is 0.0412. The van der Waals surface area contributed by atoms with Crippen LogP contribution in [0.15, 0.2) is 47.7 Å². The zero-order valence-corrected chi connectivity index (χ0v) is 16.9. The number of guanidine groups is 1. The average molecular weight is 383 g/mol. The van der Waals surface area contributed by atoms with Gasteiger partial charge in [0.15, 0.2) is 5.96 Å². The molecule has 0 aliphatic carbocycles. The van der Waals surface area contributed by atoms with Crippen LogP contribution in [-0.4, -0.2) is 52.2 Å². The molecule has 1 aliphatic heterocycles. The second-order valence-electron chi connectivity index (χ2n) is 7.34. The molecule has 0 spiro atoms. The SMILES string of the molecule is CCNC(=NCc1ccccc1-n1cccn1)NC1CCN(C(=O)C(C)C)C1. The first-order valence-electron chi connectivity index (χ1n) is 10.00. The number of hydrogen-bond acceptors (Lipinski definition) is 3. The van der Waals surface area contributed by atoms with E-state index < -0.39 is 0 Å². The number of para-hydroxylation sites is 1. The number of aromatic nitrogens is 2. The number of carbonyl (C=O) groups is 1. The highest BCUT2D eigenvalue weighted by Gasteiger charge is 2.27. The normalized spacial score (nSPS) is 17.2. The largest absolute Gasteiger partial charge is 0.357 e. The Morgan fingerprint density at radius 2 is 2.14 bits per heavy atom. The molecule has 0 saturated carbocycles. The number of amides is 1. The third kappa shape index (κ3) is 4.91. The first-order chi connectivity index (χ1) is 13.6. The lowest BCUT2D eigenvalue weighted by atomic mass is 10.2. The van der Waals surface area contributed by atoms with Crippen molar-refractivity contribution in [3.05, 3.63) is 48.3 Å². The zero-order chi connectivity index (χ0) is 19.9. The van der Waals surface area contributed by atoms with E-state index >= 15 is 0 Å². The Hall–Kier alpha value is -2.83. The van der Waals surface area contributed by atoms with Gasteiger partial charge in [0, 0.05) is 44.0 Å². The first kappa shape index (κ1) is 19.9. The summed E-state index contributed by atoms with van der Waals surface area (Å²) in [4.78, 5) is 18.9. The van der Waals surface area contributed by atoms with Crippen molar-refractivity contribution >= 4 is 11.9 Å². The Kier molecular flexibility index (Phi) is 6.68. The maximum Gasteiger partial charge on any atom is 0.225 e. The van der Waals surface area contributed by atoms with Gasteiger partial charge >= 0.3 is 0 Å². The van der Waals surface area contributed by atoms with Gasteiger partial charge in [0.1, 0.15) is 0 Å². The van der Waals surface area contributed by atoms with Gasteiger partial charge in [-0.1, -0.05) is 32.0 Å². The van der Waals surface area contributed by atoms with E-state index in [1.807, 2.05) is 53.9 Å². The third-order valence-electron chi connectivity index (χ3n) is 4.83. The molecule has 1 aromatic carbocycles. The van der Waals surface area contributed by atoms with Crippen molar-refractivity contribution < 1.29 is 4.79 Å². The van der Waals surface area contributed by atoms with Gasteiger partial charge < -0.3 is 15.5 Å². The minimum absolute atomic E-state index is 0.0412. The molecule has 0 radical (unpaired) electrons. The van der Waals surface area contributed by atoms with Crippen LogP contribution >= 0.6 is 0 Å². The molecule has 28 heavy (non-hydrogen) atoms. The van der Waals surface area contributed by atoms with Crippen molar-refractivity contribution in [2.75, 3.05) is 19.6 Å². The number of rotatable bonds is 6. The fourth-order valence-corrected chi connectivity index (χ4v) is 3.40. The molecule has 1 saturated heterocycles. The van der Waals surface area contributed by atoms with Gasteiger partial charge in [-0.15, -0.1) is 0 Å². The lowest BCUT2D eigenvalue weighted by Gasteiger charge is -2.20. The summed E-state index contributed by atoms with van der Waals surface area (Å²) >= 11 is 0. The highest BCUT2D eigenvalue weighted by atomic mass is 16.2. The number of nitrogens with one attached hydrogen (secondary N) is 2. The summed E-state index contributed by atoms with van der Waals surface area (Å²) in [6, 6.07) is 10.3. The summed E-state index contributed by atoms with van der Waals surface area (Å²) in [6.07, 6.45) is 4.65. The molecular weight excluding hydrogens is 352 g/mol. The molecule has 2 N–H and O–H groups in total. The average Bonchev–Trinajstić information content (AvgIpc) is 3.38. The molecule has 1 unspecified atom stereocenters. The third-order valence-corrected chi connectivity index (χ3v) is 4.83. The zero-order valence-electron chi connectivity index (χ0n) is 16.9. The highest BCUT2D eigenvalue weighted by Crippen LogP contribution is 2.15. The number of hydrogen-bond donors (Lipinski definition) is 2. The van der Waals surface area contributed by atoms with Crippen LogP contribution in [0.25, 0.3) is 5.69 Å². The van der Waals surface area contributed by atoms with E-state index in [4.69, 9.17) is 4.99 Å². The van der Waals surface area contributed by atoms with Gasteiger partial charge in [0.05, 0.1) is 12.2 Å². The van der Waals surface area contributed by atoms with Crippen LogP contribution in [0, 0.1) is 5.92 Å². The van der Waals surface area contributed by atoms with E-state index in [-0.39, 0.29) is 17.9 Å². The van der Waals surface area contributed by atoms with E-state index in [9.17, 15) is 4.79 Å². The van der Waals surface area contributed by atoms with Crippen LogP contribution in [0.1, 0.15) is 32.8 Å². The van der Waals surface area contributed by atoms with E-state index in [1.54, 1.807) is 6.20 Å². The van der Waals surface area contributed by atoms with Crippen molar-refractivity contribution in [1.29, 1.82) is 0 Å². The molecule has 7 heteroatoms. The molecule has 1 aliphatic rings. The summed E-state index contributed by atoms with van der Waals surface area (Å²) in [7, 11) is 0. The van der Waals surface area contributed by atoms with E-state index in [0.717, 1.165) is 43.3 Å². The van der Waals surface area contributed by atoms with Crippen LogP contribution in [-0.2, 0) is 11.3 Å². The smallest absolute Gasteiger partial charge is 0.225 e.